The first-order valence-corrected chi connectivity index (χ1v) is 10.3. The zero-order chi connectivity index (χ0) is 19.5. The molecule has 0 aliphatic carbocycles. The number of nitrogens with zero attached hydrogens (tertiary/aromatic N) is 4. The Morgan fingerprint density at radius 1 is 1.14 bits per heavy atom. The first-order valence-electron chi connectivity index (χ1n) is 9.44. The molecule has 0 radical (unpaired) electrons. The molecule has 1 unspecified atom stereocenters. The number of aliphatic hydroxyl groups excluding tert-OH is 1. The Morgan fingerprint density at radius 3 is 2.57 bits per heavy atom. The molecule has 2 aromatic heterocycles. The Labute approximate surface area is 168 Å². The molecule has 3 heterocycles. The molecule has 0 bridgehead atoms. The number of thiophene rings is 1. The van der Waals surface area contributed by atoms with E-state index in [2.05, 4.69) is 10.00 Å². The average molecular weight is 397 g/mol. The maximum absolute atomic E-state index is 13.0. The van der Waals surface area contributed by atoms with Gasteiger partial charge in [-0.2, -0.15) is 5.10 Å². The summed E-state index contributed by atoms with van der Waals surface area (Å²) in [6, 6.07) is 15.7. The minimum Gasteiger partial charge on any atom is -0.386 e. The minimum atomic E-state index is -0.465. The van der Waals surface area contributed by atoms with Crippen molar-refractivity contribution in [2.75, 3.05) is 32.7 Å². The van der Waals surface area contributed by atoms with E-state index in [1.165, 1.54) is 0 Å². The van der Waals surface area contributed by atoms with E-state index in [-0.39, 0.29) is 5.91 Å². The van der Waals surface area contributed by atoms with Gasteiger partial charge in [0, 0.05) is 50.2 Å². The summed E-state index contributed by atoms with van der Waals surface area (Å²) in [5.41, 5.74) is 2.42. The summed E-state index contributed by atoms with van der Waals surface area (Å²) >= 11 is 1.57. The molecule has 6 nitrogen and oxygen atoms in total. The van der Waals surface area contributed by atoms with Crippen LogP contribution in [0.5, 0.6) is 0 Å². The normalized spacial score (nSPS) is 16.3. The van der Waals surface area contributed by atoms with Gasteiger partial charge in [0.1, 0.15) is 11.8 Å². The fourth-order valence-electron chi connectivity index (χ4n) is 3.53. The summed E-state index contributed by atoms with van der Waals surface area (Å²) in [7, 11) is 1.81. The van der Waals surface area contributed by atoms with Gasteiger partial charge in [-0.15, -0.1) is 11.3 Å². The molecule has 3 aromatic rings. The molecular formula is C21H24N4O2S. The van der Waals surface area contributed by atoms with Crippen molar-refractivity contribution in [1.29, 1.82) is 0 Å². The van der Waals surface area contributed by atoms with Crippen LogP contribution in [0, 0.1) is 0 Å². The molecule has 1 fully saturated rings. The lowest BCUT2D eigenvalue weighted by Gasteiger charge is -2.35. The number of hydrogen-bond acceptors (Lipinski definition) is 5. The van der Waals surface area contributed by atoms with Crippen LogP contribution in [-0.4, -0.2) is 63.3 Å². The van der Waals surface area contributed by atoms with Gasteiger partial charge in [0.25, 0.3) is 5.91 Å². The lowest BCUT2D eigenvalue weighted by atomic mass is 10.1. The highest BCUT2D eigenvalue weighted by Crippen LogP contribution is 2.22. The molecule has 0 spiro atoms. The van der Waals surface area contributed by atoms with Crippen LogP contribution in [0.2, 0.25) is 0 Å². The van der Waals surface area contributed by atoms with Crippen molar-refractivity contribution in [2.24, 2.45) is 7.05 Å². The zero-order valence-electron chi connectivity index (χ0n) is 15.9. The fourth-order valence-corrected chi connectivity index (χ4v) is 4.23. The average Bonchev–Trinajstić information content (AvgIpc) is 3.39. The van der Waals surface area contributed by atoms with Gasteiger partial charge in [-0.05, 0) is 17.5 Å². The van der Waals surface area contributed by atoms with Crippen molar-refractivity contribution in [1.82, 2.24) is 19.6 Å². The molecular weight excluding hydrogens is 372 g/mol. The van der Waals surface area contributed by atoms with E-state index in [1.54, 1.807) is 16.0 Å². The molecule has 1 aliphatic heterocycles. The molecule has 1 aromatic carbocycles. The number of aryl methyl sites for hydroxylation is 1. The molecule has 4 rings (SSSR count). The second kappa shape index (κ2) is 8.26. The van der Waals surface area contributed by atoms with E-state index >= 15 is 0 Å². The zero-order valence-corrected chi connectivity index (χ0v) is 16.7. The predicted octanol–water partition coefficient (Wildman–Crippen LogP) is 2.64. The molecule has 28 heavy (non-hydrogen) atoms. The fraction of sp³-hybridized carbons (Fsp3) is 0.333. The number of aliphatic hydroxyl groups is 1. The van der Waals surface area contributed by atoms with E-state index in [0.717, 1.165) is 29.2 Å². The van der Waals surface area contributed by atoms with Gasteiger partial charge in [-0.1, -0.05) is 36.4 Å². The van der Waals surface area contributed by atoms with Crippen LogP contribution in [0.4, 0.5) is 0 Å². The summed E-state index contributed by atoms with van der Waals surface area (Å²) in [6.45, 7) is 3.44. The van der Waals surface area contributed by atoms with Crippen LogP contribution in [0.25, 0.3) is 11.3 Å². The van der Waals surface area contributed by atoms with E-state index in [0.29, 0.717) is 25.3 Å². The lowest BCUT2D eigenvalue weighted by Crippen LogP contribution is -2.49. The van der Waals surface area contributed by atoms with E-state index < -0.39 is 6.10 Å². The number of hydrogen-bond donors (Lipinski definition) is 1. The number of piperazine rings is 1. The molecule has 0 saturated carbocycles. The van der Waals surface area contributed by atoms with Gasteiger partial charge in [-0.25, -0.2) is 0 Å². The topological polar surface area (TPSA) is 61.6 Å². The Hall–Kier alpha value is -2.48. The van der Waals surface area contributed by atoms with Gasteiger partial charge in [0.05, 0.1) is 5.69 Å². The third-order valence-electron chi connectivity index (χ3n) is 5.13. The summed E-state index contributed by atoms with van der Waals surface area (Å²) in [5, 5.41) is 16.8. The first kappa shape index (κ1) is 18.9. The quantitative estimate of drug-likeness (QED) is 0.720. The first-order chi connectivity index (χ1) is 13.6. The number of benzene rings is 1. The Balaban J connectivity index is 1.37. The number of carbonyl (C=O) groups is 1. The van der Waals surface area contributed by atoms with Crippen molar-refractivity contribution in [2.45, 2.75) is 6.10 Å². The van der Waals surface area contributed by atoms with Gasteiger partial charge in [0.2, 0.25) is 0 Å². The predicted molar refractivity (Wildman–Crippen MR) is 110 cm³/mol. The van der Waals surface area contributed by atoms with E-state index in [9.17, 15) is 9.90 Å². The number of β-amino-alcohol motifs (C(OH)–C–C–N with tert-alkyl or cyclic N) is 1. The maximum Gasteiger partial charge on any atom is 0.272 e. The Bertz CT molecular complexity index is 915. The maximum atomic E-state index is 13.0. The summed E-state index contributed by atoms with van der Waals surface area (Å²) in [4.78, 5) is 18.1. The summed E-state index contributed by atoms with van der Waals surface area (Å²) < 4.78 is 1.66. The third-order valence-corrected chi connectivity index (χ3v) is 6.10. The number of rotatable bonds is 5. The molecule has 1 saturated heterocycles. The van der Waals surface area contributed by atoms with Crippen molar-refractivity contribution in [3.05, 3.63) is 64.5 Å². The van der Waals surface area contributed by atoms with Crippen LogP contribution in [0.15, 0.2) is 53.9 Å². The van der Waals surface area contributed by atoms with Crippen LogP contribution in [0.1, 0.15) is 21.5 Å². The highest BCUT2D eigenvalue weighted by Gasteiger charge is 2.26. The van der Waals surface area contributed by atoms with E-state index in [1.807, 2.05) is 65.9 Å². The van der Waals surface area contributed by atoms with Gasteiger partial charge in [0.15, 0.2) is 0 Å². The SMILES string of the molecule is Cn1nc(-c2ccccc2)cc1C(=O)N1CCN(CC(O)c2cccs2)CC1. The van der Waals surface area contributed by atoms with E-state index in [4.69, 9.17) is 0 Å². The highest BCUT2D eigenvalue weighted by atomic mass is 32.1. The summed E-state index contributed by atoms with van der Waals surface area (Å²) in [6.07, 6.45) is -0.465. The summed E-state index contributed by atoms with van der Waals surface area (Å²) in [5.74, 6) is 0.00985. The van der Waals surface area contributed by atoms with Gasteiger partial charge >= 0.3 is 0 Å². The number of amides is 1. The third kappa shape index (κ3) is 4.01. The largest absolute Gasteiger partial charge is 0.386 e. The second-order valence-corrected chi connectivity index (χ2v) is 8.01. The highest BCUT2D eigenvalue weighted by molar-refractivity contribution is 7.10. The van der Waals surface area contributed by atoms with Crippen molar-refractivity contribution in [3.63, 3.8) is 0 Å². The second-order valence-electron chi connectivity index (χ2n) is 7.03. The van der Waals surface area contributed by atoms with Crippen LogP contribution in [0.3, 0.4) is 0 Å². The molecule has 146 valence electrons. The molecule has 7 heteroatoms. The van der Waals surface area contributed by atoms with Crippen molar-refractivity contribution in [3.8, 4) is 11.3 Å². The van der Waals surface area contributed by atoms with Crippen LogP contribution >= 0.6 is 11.3 Å². The smallest absolute Gasteiger partial charge is 0.272 e. The number of carbonyl (C=O) groups excluding carboxylic acids is 1. The molecule has 1 atom stereocenters. The van der Waals surface area contributed by atoms with Crippen LogP contribution in [-0.2, 0) is 7.05 Å². The van der Waals surface area contributed by atoms with Crippen LogP contribution < -0.4 is 0 Å². The minimum absolute atomic E-state index is 0.00985. The standard InChI is InChI=1S/C21H24N4O2S/c1-23-18(14-17(22-23)16-6-3-2-4-7-16)21(27)25-11-9-24(10-12-25)15-19(26)20-8-5-13-28-20/h2-8,13-14,19,26H,9-12,15H2,1H3. The molecule has 1 N–H and O–H groups in total. The number of aromatic nitrogens is 2. The van der Waals surface area contributed by atoms with Gasteiger partial charge < -0.3 is 10.0 Å². The molecule has 1 amide bonds. The lowest BCUT2D eigenvalue weighted by molar-refractivity contribution is 0.0524. The Morgan fingerprint density at radius 2 is 1.89 bits per heavy atom. The Kier molecular flexibility index (Phi) is 5.57. The van der Waals surface area contributed by atoms with Crippen molar-refractivity contribution >= 4 is 17.2 Å². The van der Waals surface area contributed by atoms with Gasteiger partial charge in [-0.3, -0.25) is 14.4 Å². The monoisotopic (exact) mass is 396 g/mol. The van der Waals surface area contributed by atoms with Crippen molar-refractivity contribution < 1.29 is 9.90 Å². The molecule has 1 aliphatic rings.